The summed E-state index contributed by atoms with van der Waals surface area (Å²) in [6.07, 6.45) is 4.09. The molecule has 0 aliphatic carbocycles. The molecule has 0 unspecified atom stereocenters. The number of H-pyrrole nitrogens is 1. The number of nitrogens with zero attached hydrogens (tertiary/aromatic N) is 3. The molecule has 7 nitrogen and oxygen atoms in total. The first-order chi connectivity index (χ1) is 13.2. The van der Waals surface area contributed by atoms with Crippen molar-refractivity contribution in [3.8, 4) is 12.0 Å². The fourth-order valence-corrected chi connectivity index (χ4v) is 3.07. The molecular weight excluding hydrogens is 342 g/mol. The third kappa shape index (κ3) is 3.09. The van der Waals surface area contributed by atoms with Crippen molar-refractivity contribution in [2.24, 2.45) is 0 Å². The minimum atomic E-state index is -0.331. The van der Waals surface area contributed by atoms with E-state index in [1.807, 2.05) is 36.4 Å². The molecule has 0 spiro atoms. The van der Waals surface area contributed by atoms with Gasteiger partial charge in [0.05, 0.1) is 11.0 Å². The average molecular weight is 359 g/mol. The van der Waals surface area contributed by atoms with Crippen LogP contribution in [0.4, 0.5) is 0 Å². The Labute approximate surface area is 155 Å². The molecule has 3 heterocycles. The number of amides is 1. The molecule has 27 heavy (non-hydrogen) atoms. The van der Waals surface area contributed by atoms with Crippen LogP contribution >= 0.6 is 0 Å². The van der Waals surface area contributed by atoms with E-state index in [-0.39, 0.29) is 17.0 Å². The van der Waals surface area contributed by atoms with Gasteiger partial charge in [0.2, 0.25) is 5.88 Å². The first kappa shape index (κ1) is 16.7. The summed E-state index contributed by atoms with van der Waals surface area (Å²) >= 11 is 0. The van der Waals surface area contributed by atoms with Crippen LogP contribution in [-0.2, 0) is 6.42 Å². The number of nitrogens with one attached hydrogen (secondary N) is 2. The summed E-state index contributed by atoms with van der Waals surface area (Å²) in [5.74, 6) is 1.23. The Kier molecular flexibility index (Phi) is 4.22. The molecule has 0 atom stereocenters. The molecule has 0 saturated heterocycles. The van der Waals surface area contributed by atoms with Crippen LogP contribution < -0.4 is 5.32 Å². The molecule has 0 saturated carbocycles. The van der Waals surface area contributed by atoms with E-state index in [1.165, 1.54) is 0 Å². The largest absolute Gasteiger partial charge is 0.443 e. The molecule has 0 fully saturated rings. The van der Waals surface area contributed by atoms with Crippen LogP contribution in [0.5, 0.6) is 0 Å². The highest BCUT2D eigenvalue weighted by Crippen LogP contribution is 2.25. The van der Waals surface area contributed by atoms with Crippen LogP contribution in [0.3, 0.4) is 0 Å². The quantitative estimate of drug-likeness (QED) is 0.572. The number of imidazole rings is 1. The van der Waals surface area contributed by atoms with Crippen LogP contribution in [0, 0.1) is 18.3 Å². The second kappa shape index (κ2) is 6.84. The van der Waals surface area contributed by atoms with Crippen molar-refractivity contribution in [1.82, 2.24) is 19.9 Å². The molecule has 3 aromatic heterocycles. The van der Waals surface area contributed by atoms with E-state index in [9.17, 15) is 10.1 Å². The smallest absolute Gasteiger partial charge is 0.256 e. The molecule has 0 aliphatic heterocycles. The zero-order valence-corrected chi connectivity index (χ0v) is 14.7. The summed E-state index contributed by atoms with van der Waals surface area (Å²) < 4.78 is 7.35. The number of fused-ring (bicyclic) bond motifs is 1. The fourth-order valence-electron chi connectivity index (χ4n) is 3.07. The molecule has 4 rings (SSSR count). The zero-order chi connectivity index (χ0) is 18.8. The number of carbonyl (C=O) groups excluding carboxylic acids is 1. The molecule has 134 valence electrons. The highest BCUT2D eigenvalue weighted by molar-refractivity contribution is 5.98. The van der Waals surface area contributed by atoms with Gasteiger partial charge in [0, 0.05) is 25.4 Å². The number of para-hydroxylation sites is 2. The summed E-state index contributed by atoms with van der Waals surface area (Å²) in [4.78, 5) is 20.3. The summed E-state index contributed by atoms with van der Waals surface area (Å²) in [6.45, 7) is 2.08. The molecule has 4 aromatic rings. The number of hydrogen-bond acceptors (Lipinski definition) is 4. The zero-order valence-electron chi connectivity index (χ0n) is 14.7. The first-order valence-corrected chi connectivity index (χ1v) is 8.56. The van der Waals surface area contributed by atoms with Crippen LogP contribution in [0.1, 0.15) is 27.5 Å². The third-order valence-electron chi connectivity index (χ3n) is 4.33. The number of hydrogen-bond donors (Lipinski definition) is 2. The van der Waals surface area contributed by atoms with Crippen molar-refractivity contribution in [1.29, 1.82) is 5.26 Å². The molecule has 7 heteroatoms. The molecule has 0 radical (unpaired) electrons. The minimum absolute atomic E-state index is 0.227. The SMILES string of the molecule is Cc1oc(-n2cccc2)c(C#N)c1C(=O)NCCc1nc2ccccc2[nH]1. The van der Waals surface area contributed by atoms with Crippen LogP contribution in [0.25, 0.3) is 16.9 Å². The summed E-state index contributed by atoms with van der Waals surface area (Å²) in [7, 11) is 0. The predicted molar refractivity (Wildman–Crippen MR) is 99.6 cm³/mol. The molecule has 0 bridgehead atoms. The molecule has 2 N–H and O–H groups in total. The summed E-state index contributed by atoms with van der Waals surface area (Å²) in [6, 6.07) is 13.5. The van der Waals surface area contributed by atoms with E-state index in [2.05, 4.69) is 21.4 Å². The second-order valence-corrected chi connectivity index (χ2v) is 6.12. The van der Waals surface area contributed by atoms with E-state index in [0.717, 1.165) is 16.9 Å². The Morgan fingerprint density at radius 2 is 2.07 bits per heavy atom. The lowest BCUT2D eigenvalue weighted by atomic mass is 10.1. The number of rotatable bonds is 5. The number of furan rings is 1. The van der Waals surface area contributed by atoms with Crippen LogP contribution in [0.2, 0.25) is 0 Å². The second-order valence-electron chi connectivity index (χ2n) is 6.12. The molecule has 1 amide bonds. The van der Waals surface area contributed by atoms with Crippen molar-refractivity contribution in [2.75, 3.05) is 6.54 Å². The van der Waals surface area contributed by atoms with Gasteiger partial charge in [-0.1, -0.05) is 12.1 Å². The third-order valence-corrected chi connectivity index (χ3v) is 4.33. The molecular formula is C20H17N5O2. The Morgan fingerprint density at radius 3 is 2.81 bits per heavy atom. The van der Waals surface area contributed by atoms with E-state index in [0.29, 0.717) is 24.6 Å². The lowest BCUT2D eigenvalue weighted by Gasteiger charge is -2.03. The number of carbonyl (C=O) groups is 1. The van der Waals surface area contributed by atoms with Crippen molar-refractivity contribution in [3.05, 3.63) is 71.5 Å². The molecule has 0 aliphatic rings. The van der Waals surface area contributed by atoms with Gasteiger partial charge in [-0.15, -0.1) is 0 Å². The highest BCUT2D eigenvalue weighted by atomic mass is 16.4. The van der Waals surface area contributed by atoms with Gasteiger partial charge < -0.3 is 14.7 Å². The Morgan fingerprint density at radius 1 is 1.30 bits per heavy atom. The van der Waals surface area contributed by atoms with Gasteiger partial charge in [-0.25, -0.2) is 4.98 Å². The van der Waals surface area contributed by atoms with E-state index in [1.54, 1.807) is 23.9 Å². The van der Waals surface area contributed by atoms with Crippen LogP contribution in [0.15, 0.2) is 53.2 Å². The topological polar surface area (TPSA) is 99.6 Å². The van der Waals surface area contributed by atoms with Gasteiger partial charge in [0.15, 0.2) is 0 Å². The number of aryl methyl sites for hydroxylation is 1. The number of nitriles is 1. The normalized spacial score (nSPS) is 10.8. The lowest BCUT2D eigenvalue weighted by molar-refractivity contribution is 0.0952. The Hall–Kier alpha value is -3.79. The Balaban J connectivity index is 1.49. The van der Waals surface area contributed by atoms with Crippen molar-refractivity contribution < 1.29 is 9.21 Å². The van der Waals surface area contributed by atoms with Gasteiger partial charge in [0.25, 0.3) is 5.91 Å². The maximum atomic E-state index is 12.6. The standard InChI is InChI=1S/C20H17N5O2/c1-13-18(14(12-21)20(27-13)25-10-4-5-11-25)19(26)22-9-8-17-23-15-6-2-3-7-16(15)24-17/h2-7,10-11H,8-9H2,1H3,(H,22,26)(H,23,24). The summed E-state index contributed by atoms with van der Waals surface area (Å²) in [5, 5.41) is 12.4. The average Bonchev–Trinajstić information content (AvgIpc) is 3.38. The van der Waals surface area contributed by atoms with E-state index >= 15 is 0 Å². The van der Waals surface area contributed by atoms with E-state index in [4.69, 9.17) is 4.42 Å². The van der Waals surface area contributed by atoms with Gasteiger partial charge in [-0.05, 0) is 31.2 Å². The Bertz CT molecular complexity index is 1110. The number of aromatic amines is 1. The maximum absolute atomic E-state index is 12.6. The van der Waals surface area contributed by atoms with Crippen molar-refractivity contribution in [2.45, 2.75) is 13.3 Å². The highest BCUT2D eigenvalue weighted by Gasteiger charge is 2.24. The van der Waals surface area contributed by atoms with Gasteiger partial charge in [-0.2, -0.15) is 5.26 Å². The van der Waals surface area contributed by atoms with Crippen molar-refractivity contribution >= 4 is 16.9 Å². The number of benzene rings is 1. The van der Waals surface area contributed by atoms with Gasteiger partial charge in [0.1, 0.15) is 28.8 Å². The van der Waals surface area contributed by atoms with Gasteiger partial charge in [-0.3, -0.25) is 9.36 Å². The predicted octanol–water partition coefficient (Wildman–Crippen LogP) is 3.10. The number of aromatic nitrogens is 3. The maximum Gasteiger partial charge on any atom is 0.256 e. The summed E-state index contributed by atoms with van der Waals surface area (Å²) in [5.41, 5.74) is 2.36. The lowest BCUT2D eigenvalue weighted by Crippen LogP contribution is -2.26. The fraction of sp³-hybridized carbons (Fsp3) is 0.150. The monoisotopic (exact) mass is 359 g/mol. The van der Waals surface area contributed by atoms with Gasteiger partial charge >= 0.3 is 0 Å². The first-order valence-electron chi connectivity index (χ1n) is 8.56. The van der Waals surface area contributed by atoms with E-state index < -0.39 is 0 Å². The minimum Gasteiger partial charge on any atom is -0.443 e. The molecule has 1 aromatic carbocycles. The van der Waals surface area contributed by atoms with Crippen molar-refractivity contribution in [3.63, 3.8) is 0 Å². The van der Waals surface area contributed by atoms with Crippen LogP contribution in [-0.4, -0.2) is 27.0 Å².